The summed E-state index contributed by atoms with van der Waals surface area (Å²) in [5, 5.41) is 25.2. The van der Waals surface area contributed by atoms with Crippen LogP contribution in [0.15, 0.2) is 0 Å². The minimum Gasteiger partial charge on any atom is -1.00 e. The topological polar surface area (TPSA) is 69.2 Å². The second kappa shape index (κ2) is 31.8. The first-order valence-corrected chi connectivity index (χ1v) is 0.707. The monoisotopic (exact) mass is 260 g/mol. The maximum atomic E-state index is 8.42. The molecule has 0 aromatic rings. The fourth-order valence-electron chi connectivity index (χ4n) is 0. The van der Waals surface area contributed by atoms with Gasteiger partial charge in [0.25, 0.3) is 0 Å². The maximum absolute atomic E-state index is 8.42. The van der Waals surface area contributed by atoms with E-state index < -0.39 is 7.32 Å². The van der Waals surface area contributed by atoms with E-state index >= 15 is 0 Å². The zero-order chi connectivity index (χ0) is 3.58. The molecule has 9 heavy (non-hydrogen) atoms. The first-order valence-electron chi connectivity index (χ1n) is 0.707. The summed E-state index contributed by atoms with van der Waals surface area (Å²) in [5.74, 6) is 0. The van der Waals surface area contributed by atoms with E-state index in [9.17, 15) is 0 Å². The fraction of sp³-hybridized carbons (Fsp3) is 0. The molecule has 0 spiro atoms. The quantitative estimate of drug-likeness (QED) is 0.406. The van der Waals surface area contributed by atoms with Crippen LogP contribution >= 0.6 is 0 Å². The van der Waals surface area contributed by atoms with E-state index in [1.54, 1.807) is 0 Å². The van der Waals surface area contributed by atoms with E-state index in [1.807, 2.05) is 0 Å². The van der Waals surface area contributed by atoms with Crippen molar-refractivity contribution < 1.29 is 95.7 Å². The van der Waals surface area contributed by atoms with Crippen LogP contribution < -0.4 is 52.3 Å². The molecule has 0 atom stereocenters. The van der Waals surface area contributed by atoms with Crippen molar-refractivity contribution >= 4 is 7.32 Å². The van der Waals surface area contributed by atoms with E-state index in [1.165, 1.54) is 0 Å². The first-order chi connectivity index (χ1) is 1.73. The third-order valence-corrected chi connectivity index (χ3v) is 0. The largest absolute Gasteiger partial charge is 3.00 e. The van der Waals surface area contributed by atoms with Crippen molar-refractivity contribution in [3.8, 4) is 0 Å². The molecule has 2 radical (unpaired) electrons. The average molecular weight is 261 g/mol. The van der Waals surface area contributed by atoms with Gasteiger partial charge >= 0.3 is 43.4 Å². The number of halogens is 3. The Morgan fingerprint density at radius 2 is 0.667 bits per heavy atom. The molecule has 0 fully saturated rings. The summed E-state index contributed by atoms with van der Waals surface area (Å²) < 4.78 is 0. The zero-order valence-corrected chi connectivity index (χ0v) is 9.33. The molecule has 0 aromatic heterocycles. The van der Waals surface area contributed by atoms with Crippen molar-refractivity contribution in [1.82, 2.24) is 0 Å². The SMILES string of the molecule is [Cl-].[Cl-].[Cl-].[O-]B([O-])[O-].[Ti+3].[Ti+3]. The molecule has 0 aliphatic rings. The average Bonchev–Trinajstić information content (AvgIpc) is 0.811. The van der Waals surface area contributed by atoms with Gasteiger partial charge in [0, 0.05) is 0 Å². The predicted molar refractivity (Wildman–Crippen MR) is 5.75 cm³/mol. The summed E-state index contributed by atoms with van der Waals surface area (Å²) in [7, 11) is -2.92. The summed E-state index contributed by atoms with van der Waals surface area (Å²) in [6, 6.07) is 0. The molecule has 0 saturated carbocycles. The van der Waals surface area contributed by atoms with E-state index in [4.69, 9.17) is 15.1 Å². The summed E-state index contributed by atoms with van der Waals surface area (Å²) >= 11 is 0. The number of hydrogen-bond donors (Lipinski definition) is 0. The first kappa shape index (κ1) is 42.9. The van der Waals surface area contributed by atoms with E-state index in [0.717, 1.165) is 0 Å². The van der Waals surface area contributed by atoms with Crippen molar-refractivity contribution in [2.24, 2.45) is 0 Å². The molecule has 0 aromatic carbocycles. The third-order valence-electron chi connectivity index (χ3n) is 0. The minimum absolute atomic E-state index is 0. The fourth-order valence-corrected chi connectivity index (χ4v) is 0. The molecule has 0 rings (SSSR count). The normalized spacial score (nSPS) is 3.00. The van der Waals surface area contributed by atoms with Crippen LogP contribution in [0.2, 0.25) is 0 Å². The molecule has 0 N–H and O–H groups in total. The summed E-state index contributed by atoms with van der Waals surface area (Å²) in [6.45, 7) is 0. The Labute approximate surface area is 102 Å². The van der Waals surface area contributed by atoms with Crippen molar-refractivity contribution in [2.75, 3.05) is 0 Å². The van der Waals surface area contributed by atoms with Crippen LogP contribution in [-0.2, 0) is 43.4 Å². The standard InChI is InChI=1S/BO3.3ClH.2Ti/c2-1(3)4;;;;;/h;3*1H;;/q-3;;;;2*+3/p-3. The Kier molecular flexibility index (Phi) is 152. The van der Waals surface area contributed by atoms with Crippen LogP contribution in [0.4, 0.5) is 0 Å². The molecule has 3 nitrogen and oxygen atoms in total. The number of rotatable bonds is 0. The Hall–Kier alpha value is 2.24. The summed E-state index contributed by atoms with van der Waals surface area (Å²) in [4.78, 5) is 0. The van der Waals surface area contributed by atoms with Crippen LogP contribution in [-0.4, -0.2) is 7.32 Å². The van der Waals surface area contributed by atoms with Gasteiger partial charge in [0.15, 0.2) is 0 Å². The van der Waals surface area contributed by atoms with Crippen LogP contribution in [0.5, 0.6) is 0 Å². The van der Waals surface area contributed by atoms with Crippen molar-refractivity contribution in [3.05, 3.63) is 0 Å². The van der Waals surface area contributed by atoms with E-state index in [2.05, 4.69) is 0 Å². The van der Waals surface area contributed by atoms with Crippen LogP contribution in [0.1, 0.15) is 0 Å². The second-order valence-corrected chi connectivity index (χ2v) is 0.289. The molecule has 0 heterocycles. The maximum Gasteiger partial charge on any atom is 3.00 e. The van der Waals surface area contributed by atoms with Gasteiger partial charge in [-0.2, -0.15) is 0 Å². The molecule has 0 aliphatic carbocycles. The molecular formula is BCl3O3Ti2. The van der Waals surface area contributed by atoms with Crippen molar-refractivity contribution in [1.29, 1.82) is 0 Å². The Morgan fingerprint density at radius 1 is 0.667 bits per heavy atom. The van der Waals surface area contributed by atoms with Gasteiger partial charge in [-0.1, -0.05) is 0 Å². The third kappa shape index (κ3) is 138. The van der Waals surface area contributed by atoms with Gasteiger partial charge in [0.2, 0.25) is 0 Å². The van der Waals surface area contributed by atoms with Crippen LogP contribution in [0, 0.1) is 0 Å². The molecular weight excluding hydrogens is 261 g/mol. The van der Waals surface area contributed by atoms with Gasteiger partial charge in [0.1, 0.15) is 0 Å². The van der Waals surface area contributed by atoms with Gasteiger partial charge in [0.05, 0.1) is 0 Å². The van der Waals surface area contributed by atoms with Gasteiger partial charge < -0.3 is 52.3 Å². The molecule has 50 valence electrons. The summed E-state index contributed by atoms with van der Waals surface area (Å²) in [5.41, 5.74) is 0. The van der Waals surface area contributed by atoms with Crippen LogP contribution in [0.3, 0.4) is 0 Å². The Morgan fingerprint density at radius 3 is 0.667 bits per heavy atom. The zero-order valence-electron chi connectivity index (χ0n) is 3.94. The molecule has 0 aliphatic heterocycles. The van der Waals surface area contributed by atoms with E-state index in [0.29, 0.717) is 0 Å². The van der Waals surface area contributed by atoms with E-state index in [-0.39, 0.29) is 80.7 Å². The van der Waals surface area contributed by atoms with Crippen molar-refractivity contribution in [2.45, 2.75) is 0 Å². The molecule has 9 heteroatoms. The molecule has 0 unspecified atom stereocenters. The molecule has 0 bridgehead atoms. The summed E-state index contributed by atoms with van der Waals surface area (Å²) in [6.07, 6.45) is 0. The Balaban J connectivity index is -0.00000000450. The molecule has 0 amide bonds. The van der Waals surface area contributed by atoms with Gasteiger partial charge in [-0.3, -0.25) is 7.32 Å². The second-order valence-electron chi connectivity index (χ2n) is 0.289. The Bertz CT molecular complexity index is 21.8. The van der Waals surface area contributed by atoms with Crippen LogP contribution in [0.25, 0.3) is 0 Å². The van der Waals surface area contributed by atoms with Gasteiger partial charge in [-0.25, -0.2) is 0 Å². The van der Waals surface area contributed by atoms with Gasteiger partial charge in [-0.05, 0) is 0 Å². The predicted octanol–water partition coefficient (Wildman–Crippen LogP) is -12.9. The smallest absolute Gasteiger partial charge is 1.00 e. The minimum atomic E-state index is -2.92. The van der Waals surface area contributed by atoms with Gasteiger partial charge in [-0.15, -0.1) is 0 Å². The number of hydrogen-bond acceptors (Lipinski definition) is 3. The van der Waals surface area contributed by atoms with Crippen molar-refractivity contribution in [3.63, 3.8) is 0 Å². The molecule has 0 saturated heterocycles.